The fraction of sp³-hybridized carbons (Fsp3) is 0.200. The second-order valence-electron chi connectivity index (χ2n) is 8.15. The van der Waals surface area contributed by atoms with Crippen LogP contribution in [0.4, 0.5) is 0 Å². The van der Waals surface area contributed by atoms with Crippen molar-refractivity contribution in [1.82, 2.24) is 0 Å². The van der Waals surface area contributed by atoms with Crippen LogP contribution >= 0.6 is 7.82 Å². The van der Waals surface area contributed by atoms with Crippen LogP contribution in [0, 0.1) is 0 Å². The number of ether oxygens (including phenoxy) is 3. The van der Waals surface area contributed by atoms with E-state index in [1.165, 1.54) is 36.4 Å². The minimum absolute atomic E-state index is 0.0634. The lowest BCUT2D eigenvalue weighted by Crippen LogP contribution is -1.98. The van der Waals surface area contributed by atoms with Crippen LogP contribution < -0.4 is 0 Å². The van der Waals surface area contributed by atoms with E-state index in [9.17, 15) is 19.9 Å². The lowest BCUT2D eigenvalue weighted by molar-refractivity contribution is 0.211. The molecule has 218 valence electrons. The van der Waals surface area contributed by atoms with E-state index >= 15 is 0 Å². The van der Waals surface area contributed by atoms with Crippen LogP contribution in [-0.4, -0.2) is 35.1 Å². The van der Waals surface area contributed by atoms with Gasteiger partial charge in [-0.1, -0.05) is 0 Å². The molecule has 0 aromatic heterocycles. The van der Waals surface area contributed by atoms with Crippen molar-refractivity contribution in [3.8, 4) is 17.2 Å². The van der Waals surface area contributed by atoms with E-state index < -0.39 is 7.82 Å². The molecule has 0 saturated carbocycles. The molecule has 0 fully saturated rings. The minimum atomic E-state index is -4.46. The normalized spacial score (nSPS) is 13.6. The van der Waals surface area contributed by atoms with E-state index in [0.29, 0.717) is 16.7 Å². The molecule has 0 heterocycles. The van der Waals surface area contributed by atoms with Gasteiger partial charge in [-0.25, -0.2) is 0 Å². The maximum absolute atomic E-state index is 13.9. The van der Waals surface area contributed by atoms with Crippen LogP contribution in [0.5, 0.6) is 17.2 Å². The zero-order valence-electron chi connectivity index (χ0n) is 22.9. The summed E-state index contributed by atoms with van der Waals surface area (Å²) in [6.07, 6.45) is 3.29. The zero-order valence-corrected chi connectivity index (χ0v) is 23.8. The maximum Gasteiger partial charge on any atom is 0.645 e. The fourth-order valence-corrected chi connectivity index (χ4v) is 4.14. The summed E-state index contributed by atoms with van der Waals surface area (Å²) >= 11 is 0. The van der Waals surface area contributed by atoms with Gasteiger partial charge in [0.1, 0.15) is 36.0 Å². The molecule has 3 N–H and O–H groups in total. The molecule has 41 heavy (non-hydrogen) atoms. The van der Waals surface area contributed by atoms with Crippen molar-refractivity contribution in [3.05, 3.63) is 108 Å². The van der Waals surface area contributed by atoms with Crippen LogP contribution in [0.1, 0.15) is 37.5 Å². The summed E-state index contributed by atoms with van der Waals surface area (Å²) in [6, 6.07) is 18.4. The molecule has 0 saturated heterocycles. The van der Waals surface area contributed by atoms with Gasteiger partial charge in [0.15, 0.2) is 17.3 Å². The quantitative estimate of drug-likeness (QED) is 0.123. The third-order valence-corrected chi connectivity index (χ3v) is 6.31. The Morgan fingerprint density at radius 1 is 0.537 bits per heavy atom. The van der Waals surface area contributed by atoms with Crippen molar-refractivity contribution >= 4 is 25.1 Å². The van der Waals surface area contributed by atoms with Crippen LogP contribution in [0.25, 0.3) is 17.3 Å². The topological polar surface area (TPSA) is 133 Å². The first-order valence-electron chi connectivity index (χ1n) is 12.8. The van der Waals surface area contributed by atoms with Crippen molar-refractivity contribution in [3.63, 3.8) is 0 Å². The van der Waals surface area contributed by atoms with Gasteiger partial charge in [0, 0.05) is 16.7 Å². The summed E-state index contributed by atoms with van der Waals surface area (Å²) in [7, 11) is -4.46. The fourth-order valence-electron chi connectivity index (χ4n) is 3.31. The number of benzene rings is 3. The van der Waals surface area contributed by atoms with Gasteiger partial charge in [-0.05, 0) is 93.6 Å². The third kappa shape index (κ3) is 9.47. The first-order chi connectivity index (χ1) is 19.8. The molecule has 0 atom stereocenters. The summed E-state index contributed by atoms with van der Waals surface area (Å²) in [5, 5.41) is 28.9. The summed E-state index contributed by atoms with van der Waals surface area (Å²) < 4.78 is 47.6. The van der Waals surface area contributed by atoms with Gasteiger partial charge in [0.2, 0.25) is 0 Å². The Bertz CT molecular complexity index is 1210. The number of phenolic OH excluding ortho intramolecular Hbond substituents is 3. The molecular formula is C30H33O10P. The molecule has 11 heteroatoms. The van der Waals surface area contributed by atoms with Crippen molar-refractivity contribution in [1.29, 1.82) is 0 Å². The second-order valence-corrected chi connectivity index (χ2v) is 9.68. The smallest absolute Gasteiger partial charge is 0.508 e. The van der Waals surface area contributed by atoms with E-state index in [1.54, 1.807) is 57.2 Å². The molecule has 0 aliphatic rings. The highest BCUT2D eigenvalue weighted by molar-refractivity contribution is 7.48. The van der Waals surface area contributed by atoms with E-state index in [0.717, 1.165) is 18.8 Å². The molecule has 0 radical (unpaired) electrons. The van der Waals surface area contributed by atoms with Gasteiger partial charge >= 0.3 is 7.82 Å². The van der Waals surface area contributed by atoms with Crippen molar-refractivity contribution in [2.75, 3.05) is 19.8 Å². The van der Waals surface area contributed by atoms with Crippen LogP contribution in [0.2, 0.25) is 0 Å². The van der Waals surface area contributed by atoms with Crippen molar-refractivity contribution in [2.45, 2.75) is 20.8 Å². The third-order valence-electron chi connectivity index (χ3n) is 5.22. The highest BCUT2D eigenvalue weighted by Crippen LogP contribution is 2.52. The molecule has 0 aliphatic carbocycles. The Labute approximate surface area is 238 Å². The van der Waals surface area contributed by atoms with E-state index in [-0.39, 0.29) is 54.3 Å². The number of aromatic hydroxyl groups is 3. The average Bonchev–Trinajstić information content (AvgIpc) is 2.97. The second kappa shape index (κ2) is 15.2. The highest BCUT2D eigenvalue weighted by Gasteiger charge is 2.30. The molecule has 0 bridgehead atoms. The molecule has 0 aliphatic heterocycles. The summed E-state index contributed by atoms with van der Waals surface area (Å²) in [6.45, 7) is 6.12. The SMILES string of the molecule is CCOC(=COP(=O)(OC=C(OCC)c1ccc(O)cc1)OC=C(OCC)c1ccc(O)cc1)c1ccc(O)cc1. The Morgan fingerprint density at radius 2 is 0.780 bits per heavy atom. The molecule has 0 amide bonds. The minimum Gasteiger partial charge on any atom is -0.508 e. The number of hydrogen-bond donors (Lipinski definition) is 3. The Hall–Kier alpha value is -4.69. The predicted molar refractivity (Wildman–Crippen MR) is 154 cm³/mol. The first-order valence-corrected chi connectivity index (χ1v) is 14.2. The molecule has 10 nitrogen and oxygen atoms in total. The largest absolute Gasteiger partial charge is 0.645 e. The number of phosphoric acid groups is 1. The van der Waals surface area contributed by atoms with Gasteiger partial charge in [-0.2, -0.15) is 4.57 Å². The Morgan fingerprint density at radius 3 is 1.00 bits per heavy atom. The van der Waals surface area contributed by atoms with Gasteiger partial charge < -0.3 is 43.1 Å². The van der Waals surface area contributed by atoms with E-state index in [1.807, 2.05) is 0 Å². The van der Waals surface area contributed by atoms with Crippen LogP contribution in [0.15, 0.2) is 91.6 Å². The van der Waals surface area contributed by atoms with E-state index in [4.69, 9.17) is 27.8 Å². The summed E-state index contributed by atoms with van der Waals surface area (Å²) in [5.41, 5.74) is 1.63. The lowest BCUT2D eigenvalue weighted by atomic mass is 10.2. The van der Waals surface area contributed by atoms with Crippen LogP contribution in [-0.2, 0) is 32.3 Å². The molecule has 0 unspecified atom stereocenters. The monoisotopic (exact) mass is 584 g/mol. The van der Waals surface area contributed by atoms with Gasteiger partial charge in [0.25, 0.3) is 0 Å². The molecule has 3 aromatic rings. The number of rotatable bonds is 15. The number of phenols is 3. The van der Waals surface area contributed by atoms with Gasteiger partial charge in [0.05, 0.1) is 19.8 Å². The number of phosphoric ester groups is 1. The molecule has 3 aromatic carbocycles. The molecular weight excluding hydrogens is 551 g/mol. The maximum atomic E-state index is 13.9. The summed E-state index contributed by atoms with van der Waals surface area (Å²) in [4.78, 5) is 0. The van der Waals surface area contributed by atoms with Gasteiger partial charge in [-0.15, -0.1) is 0 Å². The molecule has 3 rings (SSSR count). The lowest BCUT2D eigenvalue weighted by Gasteiger charge is -2.17. The standard InChI is InChI=1S/C30H33O10P/c1-4-35-28(22-7-13-25(31)14-8-22)19-38-41(34,39-20-29(36-5-2)23-9-15-26(32)16-10-23)40-21-30(37-6-3)24-11-17-27(33)18-12-24/h7-21,31-33H,4-6H2,1-3H3. The first kappa shape index (κ1) is 30.8. The van der Waals surface area contributed by atoms with E-state index in [2.05, 4.69) is 0 Å². The van der Waals surface area contributed by atoms with Crippen LogP contribution in [0.3, 0.4) is 0 Å². The highest BCUT2D eigenvalue weighted by atomic mass is 31.2. The zero-order chi connectivity index (χ0) is 29.7. The number of hydrogen-bond acceptors (Lipinski definition) is 10. The summed E-state index contributed by atoms with van der Waals surface area (Å²) in [5.74, 6) is 0.815. The molecule has 0 spiro atoms. The predicted octanol–water partition coefficient (Wildman–Crippen LogP) is 7.37. The van der Waals surface area contributed by atoms with Crippen molar-refractivity contribution in [2.24, 2.45) is 0 Å². The van der Waals surface area contributed by atoms with Crippen molar-refractivity contribution < 1.29 is 47.7 Å². The van der Waals surface area contributed by atoms with Gasteiger partial charge in [-0.3, -0.25) is 0 Å². The Balaban J connectivity index is 2.00. The average molecular weight is 585 g/mol. The Kier molecular flexibility index (Phi) is 11.4.